The lowest BCUT2D eigenvalue weighted by Gasteiger charge is -2.21. The van der Waals surface area contributed by atoms with Crippen LogP contribution in [0.3, 0.4) is 0 Å². The molecule has 1 amide bonds. The van der Waals surface area contributed by atoms with Crippen LogP contribution in [0.25, 0.3) is 0 Å². The van der Waals surface area contributed by atoms with E-state index in [4.69, 9.17) is 0 Å². The number of aromatic hydroxyl groups is 1. The number of nitrogens with one attached hydrogen (secondary N) is 1. The molecule has 0 aliphatic heterocycles. The second-order valence-corrected chi connectivity index (χ2v) is 6.21. The summed E-state index contributed by atoms with van der Waals surface area (Å²) in [6.45, 7) is 0. The highest BCUT2D eigenvalue weighted by Gasteiger charge is 2.39. The van der Waals surface area contributed by atoms with Crippen LogP contribution in [-0.4, -0.2) is 21.7 Å². The first kappa shape index (κ1) is 15.6. The minimum absolute atomic E-state index is 0.0109. The molecule has 0 heterocycles. The lowest BCUT2D eigenvalue weighted by Crippen LogP contribution is -2.40. The molecular formula is C19H21NO3. The molecule has 4 heteroatoms. The standard InChI is InChI=1S/C19H21NO3/c21-17-9-8-15(12-14-6-2-1-3-7-14)13-16(17)20-18(22)19(23)10-4-5-11-19/h1-3,6-9,13,21,23H,4-5,10-12H2,(H,20,22). The smallest absolute Gasteiger partial charge is 0.256 e. The quantitative estimate of drug-likeness (QED) is 0.759. The Labute approximate surface area is 135 Å². The first-order valence-corrected chi connectivity index (χ1v) is 7.96. The minimum atomic E-state index is -1.30. The number of carbonyl (C=O) groups excluding carboxylic acids is 1. The summed E-state index contributed by atoms with van der Waals surface area (Å²) in [4.78, 5) is 12.3. The summed E-state index contributed by atoms with van der Waals surface area (Å²) in [5.41, 5.74) is 1.19. The number of hydrogen-bond donors (Lipinski definition) is 3. The molecule has 23 heavy (non-hydrogen) atoms. The molecule has 4 nitrogen and oxygen atoms in total. The van der Waals surface area contributed by atoms with Crippen LogP contribution in [0.5, 0.6) is 5.75 Å². The highest BCUT2D eigenvalue weighted by atomic mass is 16.3. The highest BCUT2D eigenvalue weighted by molar-refractivity contribution is 5.98. The van der Waals surface area contributed by atoms with Crippen LogP contribution in [0.4, 0.5) is 5.69 Å². The number of carbonyl (C=O) groups is 1. The molecular weight excluding hydrogens is 290 g/mol. The molecule has 1 saturated carbocycles. The highest BCUT2D eigenvalue weighted by Crippen LogP contribution is 2.32. The van der Waals surface area contributed by atoms with E-state index in [1.807, 2.05) is 36.4 Å². The normalized spacial score (nSPS) is 16.2. The zero-order valence-electron chi connectivity index (χ0n) is 13.0. The largest absolute Gasteiger partial charge is 0.506 e. The number of hydrogen-bond acceptors (Lipinski definition) is 3. The topological polar surface area (TPSA) is 69.6 Å². The maximum atomic E-state index is 12.3. The molecule has 3 rings (SSSR count). The number of phenols is 1. The molecule has 0 saturated heterocycles. The van der Waals surface area contributed by atoms with Gasteiger partial charge in [-0.05, 0) is 55.4 Å². The summed E-state index contributed by atoms with van der Waals surface area (Å²) in [6, 6.07) is 15.2. The number of rotatable bonds is 4. The molecule has 120 valence electrons. The summed E-state index contributed by atoms with van der Waals surface area (Å²) < 4.78 is 0. The van der Waals surface area contributed by atoms with Gasteiger partial charge in [0.2, 0.25) is 0 Å². The molecule has 0 aromatic heterocycles. The summed E-state index contributed by atoms with van der Waals surface area (Å²) in [6.07, 6.45) is 3.37. The van der Waals surface area contributed by atoms with Crippen LogP contribution in [0.1, 0.15) is 36.8 Å². The van der Waals surface area contributed by atoms with E-state index in [2.05, 4.69) is 5.32 Å². The molecule has 1 fully saturated rings. The Morgan fingerprint density at radius 3 is 2.43 bits per heavy atom. The van der Waals surface area contributed by atoms with Crippen molar-refractivity contribution in [3.8, 4) is 5.75 Å². The van der Waals surface area contributed by atoms with Crippen molar-refractivity contribution >= 4 is 11.6 Å². The maximum absolute atomic E-state index is 12.3. The van der Waals surface area contributed by atoms with Crippen LogP contribution in [-0.2, 0) is 11.2 Å². The minimum Gasteiger partial charge on any atom is -0.506 e. The van der Waals surface area contributed by atoms with E-state index in [1.165, 1.54) is 0 Å². The molecule has 1 aliphatic rings. The van der Waals surface area contributed by atoms with Gasteiger partial charge in [-0.2, -0.15) is 0 Å². The van der Waals surface area contributed by atoms with Gasteiger partial charge in [0.05, 0.1) is 5.69 Å². The van der Waals surface area contributed by atoms with Gasteiger partial charge >= 0.3 is 0 Å². The summed E-state index contributed by atoms with van der Waals surface area (Å²) in [5.74, 6) is -0.418. The first-order valence-electron chi connectivity index (χ1n) is 7.96. The van der Waals surface area contributed by atoms with Crippen molar-refractivity contribution in [2.24, 2.45) is 0 Å². The second-order valence-electron chi connectivity index (χ2n) is 6.21. The van der Waals surface area contributed by atoms with E-state index < -0.39 is 11.5 Å². The fourth-order valence-electron chi connectivity index (χ4n) is 3.05. The van der Waals surface area contributed by atoms with Gasteiger partial charge in [-0.1, -0.05) is 36.4 Å². The Morgan fingerprint density at radius 2 is 1.74 bits per heavy atom. The summed E-state index contributed by atoms with van der Waals surface area (Å²) in [7, 11) is 0. The van der Waals surface area contributed by atoms with Gasteiger partial charge in [0.1, 0.15) is 11.4 Å². The van der Waals surface area contributed by atoms with Crippen LogP contribution in [0, 0.1) is 0 Å². The van der Waals surface area contributed by atoms with E-state index >= 15 is 0 Å². The number of benzene rings is 2. The Hall–Kier alpha value is -2.33. The molecule has 0 bridgehead atoms. The molecule has 0 atom stereocenters. The number of aliphatic hydroxyl groups is 1. The molecule has 0 spiro atoms. The molecule has 0 radical (unpaired) electrons. The van der Waals surface area contributed by atoms with Crippen LogP contribution in [0.2, 0.25) is 0 Å². The van der Waals surface area contributed by atoms with Gasteiger partial charge in [-0.3, -0.25) is 4.79 Å². The average molecular weight is 311 g/mol. The predicted octanol–water partition coefficient (Wildman–Crippen LogP) is 3.23. The van der Waals surface area contributed by atoms with Gasteiger partial charge in [-0.15, -0.1) is 0 Å². The third-order valence-electron chi connectivity index (χ3n) is 4.41. The van der Waals surface area contributed by atoms with Crippen molar-refractivity contribution in [2.45, 2.75) is 37.7 Å². The molecule has 2 aromatic rings. The monoisotopic (exact) mass is 311 g/mol. The maximum Gasteiger partial charge on any atom is 0.256 e. The lowest BCUT2D eigenvalue weighted by molar-refractivity contribution is -0.133. The van der Waals surface area contributed by atoms with E-state index in [-0.39, 0.29) is 5.75 Å². The third kappa shape index (κ3) is 3.54. The van der Waals surface area contributed by atoms with Crippen molar-refractivity contribution in [1.29, 1.82) is 0 Å². The van der Waals surface area contributed by atoms with E-state index in [1.54, 1.807) is 12.1 Å². The van der Waals surface area contributed by atoms with Crippen molar-refractivity contribution in [3.63, 3.8) is 0 Å². The molecule has 3 N–H and O–H groups in total. The van der Waals surface area contributed by atoms with Gasteiger partial charge in [0.25, 0.3) is 5.91 Å². The lowest BCUT2D eigenvalue weighted by atomic mass is 10.0. The van der Waals surface area contributed by atoms with Crippen molar-refractivity contribution in [2.75, 3.05) is 5.32 Å². The van der Waals surface area contributed by atoms with Gasteiger partial charge < -0.3 is 15.5 Å². The van der Waals surface area contributed by atoms with Gasteiger partial charge in [0, 0.05) is 0 Å². The summed E-state index contributed by atoms with van der Waals surface area (Å²) in [5, 5.41) is 23.0. The van der Waals surface area contributed by atoms with Crippen LogP contribution in [0.15, 0.2) is 48.5 Å². The van der Waals surface area contributed by atoms with Crippen LogP contribution >= 0.6 is 0 Å². The Kier molecular flexibility index (Phi) is 4.35. The average Bonchev–Trinajstić information content (AvgIpc) is 3.00. The fourth-order valence-corrected chi connectivity index (χ4v) is 3.05. The SMILES string of the molecule is O=C(Nc1cc(Cc2ccccc2)ccc1O)C1(O)CCCC1. The van der Waals surface area contributed by atoms with Crippen molar-refractivity contribution < 1.29 is 15.0 Å². The molecule has 0 unspecified atom stereocenters. The van der Waals surface area contributed by atoms with Crippen molar-refractivity contribution in [3.05, 3.63) is 59.7 Å². The van der Waals surface area contributed by atoms with E-state index in [0.717, 1.165) is 24.0 Å². The van der Waals surface area contributed by atoms with Crippen molar-refractivity contribution in [1.82, 2.24) is 0 Å². The zero-order chi connectivity index (χ0) is 16.3. The third-order valence-corrected chi connectivity index (χ3v) is 4.41. The summed E-state index contributed by atoms with van der Waals surface area (Å²) >= 11 is 0. The molecule has 2 aromatic carbocycles. The first-order chi connectivity index (χ1) is 11.1. The number of amides is 1. The predicted molar refractivity (Wildman–Crippen MR) is 89.4 cm³/mol. The van der Waals surface area contributed by atoms with E-state index in [9.17, 15) is 15.0 Å². The number of phenolic OH excluding ortho intramolecular Hbond substituents is 1. The Bertz CT molecular complexity index is 691. The Balaban J connectivity index is 1.77. The Morgan fingerprint density at radius 1 is 1.04 bits per heavy atom. The fraction of sp³-hybridized carbons (Fsp3) is 0.316. The second kappa shape index (κ2) is 6.42. The van der Waals surface area contributed by atoms with Gasteiger partial charge in [-0.25, -0.2) is 0 Å². The number of anilines is 1. The molecule has 1 aliphatic carbocycles. The van der Waals surface area contributed by atoms with Gasteiger partial charge in [0.15, 0.2) is 0 Å². The zero-order valence-corrected chi connectivity index (χ0v) is 13.0. The van der Waals surface area contributed by atoms with Crippen LogP contribution < -0.4 is 5.32 Å². The van der Waals surface area contributed by atoms with E-state index in [0.29, 0.717) is 24.9 Å².